The fourth-order valence-electron chi connectivity index (χ4n) is 3.81. The highest BCUT2D eigenvalue weighted by atomic mass is 16.5. The van der Waals surface area contributed by atoms with Crippen molar-refractivity contribution in [2.45, 2.75) is 84.0 Å². The predicted molar refractivity (Wildman–Crippen MR) is 113 cm³/mol. The summed E-state index contributed by atoms with van der Waals surface area (Å²) in [7, 11) is 0. The second-order valence-corrected chi connectivity index (χ2v) is 9.14. The number of nitrogens with one attached hydrogen (secondary N) is 2. The third-order valence-corrected chi connectivity index (χ3v) is 5.55. The first-order valence-corrected chi connectivity index (χ1v) is 10.8. The Morgan fingerprint density at radius 1 is 1.23 bits per heavy atom. The van der Waals surface area contributed by atoms with E-state index in [9.17, 15) is 14.4 Å². The molecule has 0 bridgehead atoms. The molecule has 3 rings (SSSR count). The number of benzene rings is 1. The third-order valence-electron chi connectivity index (χ3n) is 5.55. The fraction of sp³-hybridized carbons (Fsp3) is 0.609. The van der Waals surface area contributed by atoms with E-state index < -0.39 is 17.7 Å². The molecule has 1 aliphatic carbocycles. The minimum Gasteiger partial charge on any atom is -0.476 e. The maximum Gasteiger partial charge on any atom is 0.338 e. The Balaban J connectivity index is 1.70. The molecule has 0 saturated heterocycles. The van der Waals surface area contributed by atoms with E-state index >= 15 is 0 Å². The van der Waals surface area contributed by atoms with Gasteiger partial charge < -0.3 is 20.1 Å². The molecule has 1 aromatic rings. The van der Waals surface area contributed by atoms with Gasteiger partial charge in [0.15, 0.2) is 11.7 Å². The Morgan fingerprint density at radius 3 is 2.60 bits per heavy atom. The largest absolute Gasteiger partial charge is 0.476 e. The molecule has 1 atom stereocenters. The molecule has 0 unspecified atom stereocenters. The van der Waals surface area contributed by atoms with Gasteiger partial charge in [0, 0.05) is 6.04 Å². The number of fused-ring (bicyclic) bond motifs is 1. The summed E-state index contributed by atoms with van der Waals surface area (Å²) in [5, 5.41) is 5.81. The summed E-state index contributed by atoms with van der Waals surface area (Å²) in [4.78, 5) is 37.7. The standard InChI is InChI=1S/C23H32N2O5/c1-14(2)12-19(20(26)24-16-8-6-5-7-9-16)29-21(27)15-10-11-18-17(13-15)25-22(28)23(3,4)30-18/h10-11,13-14,16,19H,5-9,12H2,1-4H3,(H,24,26)(H,25,28)/t19-/m1/s1. The van der Waals surface area contributed by atoms with Crippen molar-refractivity contribution in [1.82, 2.24) is 5.32 Å². The summed E-state index contributed by atoms with van der Waals surface area (Å²) in [5.74, 6) is -0.435. The van der Waals surface area contributed by atoms with E-state index in [0.29, 0.717) is 17.9 Å². The van der Waals surface area contributed by atoms with Gasteiger partial charge in [-0.15, -0.1) is 0 Å². The molecule has 164 valence electrons. The second-order valence-electron chi connectivity index (χ2n) is 9.14. The summed E-state index contributed by atoms with van der Waals surface area (Å²) in [6.07, 6.45) is 4.96. The minimum atomic E-state index is -0.978. The van der Waals surface area contributed by atoms with Gasteiger partial charge in [0.25, 0.3) is 11.8 Å². The highest BCUT2D eigenvalue weighted by Gasteiger charge is 2.36. The Bertz CT molecular complexity index is 812. The smallest absolute Gasteiger partial charge is 0.338 e. The van der Waals surface area contributed by atoms with Crippen molar-refractivity contribution >= 4 is 23.5 Å². The van der Waals surface area contributed by atoms with Crippen LogP contribution in [0.15, 0.2) is 18.2 Å². The lowest BCUT2D eigenvalue weighted by Crippen LogP contribution is -2.45. The first kappa shape index (κ1) is 22.1. The number of hydrogen-bond donors (Lipinski definition) is 2. The normalized spacial score (nSPS) is 19.3. The monoisotopic (exact) mass is 416 g/mol. The van der Waals surface area contributed by atoms with Crippen LogP contribution in [-0.4, -0.2) is 35.5 Å². The molecule has 1 heterocycles. The number of rotatable bonds is 6. The molecule has 0 spiro atoms. The van der Waals surface area contributed by atoms with Gasteiger partial charge in [0.05, 0.1) is 11.3 Å². The van der Waals surface area contributed by atoms with Crippen molar-refractivity contribution in [3.8, 4) is 5.75 Å². The zero-order valence-corrected chi connectivity index (χ0v) is 18.2. The van der Waals surface area contributed by atoms with E-state index in [-0.39, 0.29) is 29.3 Å². The van der Waals surface area contributed by atoms with Gasteiger partial charge in [-0.25, -0.2) is 4.79 Å². The molecule has 0 aromatic heterocycles. The Labute approximate surface area is 177 Å². The number of carbonyl (C=O) groups is 3. The molecule has 2 amide bonds. The fourth-order valence-corrected chi connectivity index (χ4v) is 3.81. The van der Waals surface area contributed by atoms with E-state index in [1.807, 2.05) is 13.8 Å². The maximum atomic E-state index is 12.8. The van der Waals surface area contributed by atoms with Crippen LogP contribution in [0.4, 0.5) is 5.69 Å². The number of amides is 2. The van der Waals surface area contributed by atoms with Gasteiger partial charge >= 0.3 is 5.97 Å². The van der Waals surface area contributed by atoms with E-state index in [0.717, 1.165) is 25.7 Å². The van der Waals surface area contributed by atoms with Crippen molar-refractivity contribution in [3.63, 3.8) is 0 Å². The van der Waals surface area contributed by atoms with Crippen molar-refractivity contribution in [2.24, 2.45) is 5.92 Å². The second kappa shape index (κ2) is 9.06. The van der Waals surface area contributed by atoms with Gasteiger partial charge in [-0.1, -0.05) is 33.1 Å². The van der Waals surface area contributed by atoms with Crippen LogP contribution in [0.2, 0.25) is 0 Å². The predicted octanol–water partition coefficient (Wildman–Crippen LogP) is 3.82. The molecule has 1 saturated carbocycles. The van der Waals surface area contributed by atoms with Crippen LogP contribution < -0.4 is 15.4 Å². The Morgan fingerprint density at radius 2 is 1.93 bits per heavy atom. The molecule has 7 nitrogen and oxygen atoms in total. The zero-order chi connectivity index (χ0) is 21.9. The number of anilines is 1. The van der Waals surface area contributed by atoms with E-state index in [4.69, 9.17) is 9.47 Å². The Kier molecular flexibility index (Phi) is 6.68. The summed E-state index contributed by atoms with van der Waals surface area (Å²) in [5.41, 5.74) is -0.299. The summed E-state index contributed by atoms with van der Waals surface area (Å²) in [6, 6.07) is 4.89. The molecule has 7 heteroatoms. The van der Waals surface area contributed by atoms with Crippen LogP contribution in [0, 0.1) is 5.92 Å². The SMILES string of the molecule is CC(C)C[C@@H](OC(=O)c1ccc2c(c1)NC(=O)C(C)(C)O2)C(=O)NC1CCCCC1. The van der Waals surface area contributed by atoms with Gasteiger partial charge in [-0.3, -0.25) is 9.59 Å². The summed E-state index contributed by atoms with van der Waals surface area (Å²) < 4.78 is 11.3. The van der Waals surface area contributed by atoms with Crippen molar-refractivity contribution in [3.05, 3.63) is 23.8 Å². The number of esters is 1. The molecule has 0 radical (unpaired) electrons. The molecule has 1 aromatic carbocycles. The summed E-state index contributed by atoms with van der Waals surface area (Å²) in [6.45, 7) is 7.33. The molecule has 1 aliphatic heterocycles. The molecule has 30 heavy (non-hydrogen) atoms. The molecular formula is C23H32N2O5. The van der Waals surface area contributed by atoms with Crippen molar-refractivity contribution in [2.75, 3.05) is 5.32 Å². The maximum absolute atomic E-state index is 12.8. The van der Waals surface area contributed by atoms with Crippen LogP contribution in [0.3, 0.4) is 0 Å². The minimum absolute atomic E-state index is 0.152. The molecule has 2 aliphatic rings. The van der Waals surface area contributed by atoms with Gasteiger partial charge in [0.2, 0.25) is 0 Å². The van der Waals surface area contributed by atoms with Crippen LogP contribution in [0.5, 0.6) is 5.75 Å². The van der Waals surface area contributed by atoms with Gasteiger partial charge in [-0.05, 0) is 57.2 Å². The lowest BCUT2D eigenvalue weighted by Gasteiger charge is -2.31. The lowest BCUT2D eigenvalue weighted by molar-refractivity contribution is -0.131. The Hall–Kier alpha value is -2.57. The molecule has 2 N–H and O–H groups in total. The third kappa shape index (κ3) is 5.32. The quantitative estimate of drug-likeness (QED) is 0.688. The molecule has 1 fully saturated rings. The summed E-state index contributed by atoms with van der Waals surface area (Å²) >= 11 is 0. The number of ether oxygens (including phenoxy) is 2. The first-order valence-electron chi connectivity index (χ1n) is 10.8. The topological polar surface area (TPSA) is 93.7 Å². The van der Waals surface area contributed by atoms with E-state index in [1.54, 1.807) is 26.0 Å². The van der Waals surface area contributed by atoms with Crippen molar-refractivity contribution in [1.29, 1.82) is 0 Å². The number of hydrogen-bond acceptors (Lipinski definition) is 5. The van der Waals surface area contributed by atoms with Crippen LogP contribution in [0.1, 0.15) is 76.6 Å². The number of carbonyl (C=O) groups excluding carboxylic acids is 3. The van der Waals surface area contributed by atoms with Crippen LogP contribution >= 0.6 is 0 Å². The average molecular weight is 417 g/mol. The average Bonchev–Trinajstić information content (AvgIpc) is 2.68. The zero-order valence-electron chi connectivity index (χ0n) is 18.2. The van der Waals surface area contributed by atoms with Gasteiger partial charge in [-0.2, -0.15) is 0 Å². The van der Waals surface area contributed by atoms with Crippen LogP contribution in [-0.2, 0) is 14.3 Å². The highest BCUT2D eigenvalue weighted by molar-refractivity contribution is 6.02. The van der Waals surface area contributed by atoms with Crippen molar-refractivity contribution < 1.29 is 23.9 Å². The van der Waals surface area contributed by atoms with E-state index in [1.165, 1.54) is 12.5 Å². The first-order chi connectivity index (χ1) is 14.2. The highest BCUT2D eigenvalue weighted by Crippen LogP contribution is 2.34. The lowest BCUT2D eigenvalue weighted by atomic mass is 9.95. The van der Waals surface area contributed by atoms with Crippen LogP contribution in [0.25, 0.3) is 0 Å². The van der Waals surface area contributed by atoms with Gasteiger partial charge in [0.1, 0.15) is 5.75 Å². The molecular weight excluding hydrogens is 384 g/mol. The van der Waals surface area contributed by atoms with E-state index in [2.05, 4.69) is 10.6 Å².